The van der Waals surface area contributed by atoms with E-state index < -0.39 is 0 Å². The molecule has 0 bridgehead atoms. The number of hydrogen-bond donors (Lipinski definition) is 0. The second-order valence-corrected chi connectivity index (χ2v) is 1.62. The van der Waals surface area contributed by atoms with Gasteiger partial charge in [-0.3, -0.25) is 0 Å². The third kappa shape index (κ3) is 4.87. The van der Waals surface area contributed by atoms with E-state index >= 15 is 0 Å². The fourth-order valence-corrected chi connectivity index (χ4v) is 0.671. The van der Waals surface area contributed by atoms with Crippen LogP contribution in [0.25, 0.3) is 0 Å². The van der Waals surface area contributed by atoms with E-state index in [9.17, 15) is 0 Å². The topological polar surface area (TPSA) is 3.24 Å². The summed E-state index contributed by atoms with van der Waals surface area (Å²) in [6.45, 7) is 10.1. The van der Waals surface area contributed by atoms with Crippen LogP contribution in [0.2, 0.25) is 0 Å². The molecule has 0 spiro atoms. The average molecular weight is 125 g/mol. The molecule has 44 valence electrons. The Bertz CT molecular complexity index is 30.0. The van der Waals surface area contributed by atoms with Crippen molar-refractivity contribution in [2.24, 2.45) is 0 Å². The van der Waals surface area contributed by atoms with Gasteiger partial charge in [0, 0.05) is 0 Å². The molecule has 0 fully saturated rings. The summed E-state index contributed by atoms with van der Waals surface area (Å²) >= 11 is 0. The summed E-state index contributed by atoms with van der Waals surface area (Å²) < 4.78 is 0. The minimum Gasteiger partial charge on any atom is -0.304 e. The van der Waals surface area contributed by atoms with Gasteiger partial charge in [-0.1, -0.05) is 20.8 Å². The molecule has 0 atom stereocenters. The van der Waals surface area contributed by atoms with Crippen molar-refractivity contribution in [1.82, 2.24) is 4.90 Å². The molecule has 2 heteroatoms. The third-order valence-electron chi connectivity index (χ3n) is 1.34. The van der Waals surface area contributed by atoms with Crippen LogP contribution in [0.1, 0.15) is 20.8 Å². The van der Waals surface area contributed by atoms with Gasteiger partial charge in [-0.05, 0) is 19.6 Å². The van der Waals surface area contributed by atoms with Crippen molar-refractivity contribution in [1.29, 1.82) is 0 Å². The summed E-state index contributed by atoms with van der Waals surface area (Å²) in [4.78, 5) is 2.38. The van der Waals surface area contributed by atoms with Gasteiger partial charge in [-0.15, -0.1) is 0 Å². The van der Waals surface area contributed by atoms with Gasteiger partial charge in [0.25, 0.3) is 0 Å². The van der Waals surface area contributed by atoms with Gasteiger partial charge < -0.3 is 4.90 Å². The minimum absolute atomic E-state index is 0. The Balaban J connectivity index is 0. The summed E-state index contributed by atoms with van der Waals surface area (Å²) in [5.74, 6) is 0. The van der Waals surface area contributed by atoms with Gasteiger partial charge >= 0.3 is 23.1 Å². The molecular weight excluding hydrogens is 110 g/mol. The van der Waals surface area contributed by atoms with Gasteiger partial charge in [0.15, 0.2) is 0 Å². The molecule has 0 unspecified atom stereocenters. The Labute approximate surface area is 68.6 Å². The summed E-state index contributed by atoms with van der Waals surface area (Å²) in [6, 6.07) is 0. The van der Waals surface area contributed by atoms with Gasteiger partial charge in [0.2, 0.25) is 0 Å². The van der Waals surface area contributed by atoms with Crippen LogP contribution in [0.5, 0.6) is 0 Å². The van der Waals surface area contributed by atoms with E-state index in [1.165, 1.54) is 19.6 Å². The van der Waals surface area contributed by atoms with Crippen molar-refractivity contribution in [2.45, 2.75) is 20.8 Å². The van der Waals surface area contributed by atoms with E-state index in [2.05, 4.69) is 25.7 Å². The van der Waals surface area contributed by atoms with Crippen molar-refractivity contribution in [3.63, 3.8) is 0 Å². The Morgan fingerprint density at radius 3 is 1.12 bits per heavy atom. The quantitative estimate of drug-likeness (QED) is 0.508. The zero-order chi connectivity index (χ0) is 5.70. The molecule has 0 saturated carbocycles. The first-order valence-corrected chi connectivity index (χ1v) is 3.07. The third-order valence-corrected chi connectivity index (χ3v) is 1.34. The van der Waals surface area contributed by atoms with Gasteiger partial charge in [0.05, 0.1) is 0 Å². The molecule has 0 rings (SSSR count). The first-order valence-electron chi connectivity index (χ1n) is 3.07. The Morgan fingerprint density at radius 1 is 0.875 bits per heavy atom. The summed E-state index contributed by atoms with van der Waals surface area (Å²) in [6.07, 6.45) is 0. The van der Waals surface area contributed by atoms with Crippen LogP contribution in [0.15, 0.2) is 0 Å². The molecule has 0 aliphatic carbocycles. The smallest absolute Gasteiger partial charge is 0.304 e. The monoisotopic (exact) mass is 125 g/mol. The zero-order valence-corrected chi connectivity index (χ0v) is 7.69. The molecule has 0 aromatic rings. The largest absolute Gasteiger partial charge is 2.00 e. The Kier molecular flexibility index (Phi) is 11.1. The number of hydrogen-bond acceptors (Lipinski definition) is 1. The van der Waals surface area contributed by atoms with Crippen LogP contribution in [0, 0.1) is 0 Å². The Hall–Kier alpha value is 0.726. The standard InChI is InChI=1S/C6H15N.Mg/c1-4-7(5-2)6-3;/h4-6H2,1-3H3;/q;+2. The molecule has 0 aromatic carbocycles. The molecular formula is C6H15MgN+2. The van der Waals surface area contributed by atoms with E-state index in [1.54, 1.807) is 0 Å². The fourth-order valence-electron chi connectivity index (χ4n) is 0.671. The van der Waals surface area contributed by atoms with Gasteiger partial charge in [-0.2, -0.15) is 0 Å². The number of nitrogens with zero attached hydrogens (tertiary/aromatic N) is 1. The van der Waals surface area contributed by atoms with Crippen LogP contribution in [0.3, 0.4) is 0 Å². The SMILES string of the molecule is CCN(CC)CC.[Mg+2]. The van der Waals surface area contributed by atoms with Crippen LogP contribution < -0.4 is 0 Å². The van der Waals surface area contributed by atoms with Crippen molar-refractivity contribution in [2.75, 3.05) is 19.6 Å². The predicted octanol–water partition coefficient (Wildman–Crippen LogP) is 0.967. The summed E-state index contributed by atoms with van der Waals surface area (Å²) in [5.41, 5.74) is 0. The van der Waals surface area contributed by atoms with E-state index in [0.29, 0.717) is 0 Å². The predicted molar refractivity (Wildman–Crippen MR) is 39.2 cm³/mol. The van der Waals surface area contributed by atoms with E-state index in [0.717, 1.165) is 0 Å². The molecule has 8 heavy (non-hydrogen) atoms. The zero-order valence-electron chi connectivity index (χ0n) is 6.28. The van der Waals surface area contributed by atoms with E-state index in [-0.39, 0.29) is 23.1 Å². The van der Waals surface area contributed by atoms with Crippen LogP contribution in [-0.4, -0.2) is 47.6 Å². The summed E-state index contributed by atoms with van der Waals surface area (Å²) in [7, 11) is 0. The maximum absolute atomic E-state index is 2.38. The van der Waals surface area contributed by atoms with Crippen molar-refractivity contribution in [3.8, 4) is 0 Å². The Morgan fingerprint density at radius 2 is 1.12 bits per heavy atom. The van der Waals surface area contributed by atoms with E-state index in [4.69, 9.17) is 0 Å². The van der Waals surface area contributed by atoms with E-state index in [1.807, 2.05) is 0 Å². The fraction of sp³-hybridized carbons (Fsp3) is 1.00. The van der Waals surface area contributed by atoms with Crippen LogP contribution in [0.4, 0.5) is 0 Å². The maximum Gasteiger partial charge on any atom is 2.00 e. The molecule has 0 heterocycles. The minimum atomic E-state index is 0. The van der Waals surface area contributed by atoms with Gasteiger partial charge in [-0.25, -0.2) is 0 Å². The number of rotatable bonds is 3. The normalized spacial score (nSPS) is 9.00. The second-order valence-electron chi connectivity index (χ2n) is 1.62. The van der Waals surface area contributed by atoms with Gasteiger partial charge in [0.1, 0.15) is 0 Å². The molecule has 0 radical (unpaired) electrons. The first-order chi connectivity index (χ1) is 3.35. The second kappa shape index (κ2) is 7.73. The van der Waals surface area contributed by atoms with Crippen LogP contribution >= 0.6 is 0 Å². The summed E-state index contributed by atoms with van der Waals surface area (Å²) in [5, 5.41) is 0. The molecule has 0 aromatic heterocycles. The average Bonchev–Trinajstić information content (AvgIpc) is 1.72. The molecule has 0 N–H and O–H groups in total. The van der Waals surface area contributed by atoms with Crippen LogP contribution in [-0.2, 0) is 0 Å². The molecule has 0 aliphatic rings. The molecule has 0 amide bonds. The molecule has 1 nitrogen and oxygen atoms in total. The van der Waals surface area contributed by atoms with Crippen molar-refractivity contribution in [3.05, 3.63) is 0 Å². The van der Waals surface area contributed by atoms with Crippen molar-refractivity contribution >= 4 is 23.1 Å². The first kappa shape index (κ1) is 11.5. The maximum atomic E-state index is 2.38. The molecule has 0 saturated heterocycles. The molecule has 0 aliphatic heterocycles. The van der Waals surface area contributed by atoms with Crippen molar-refractivity contribution < 1.29 is 0 Å².